The van der Waals surface area contributed by atoms with Gasteiger partial charge in [-0.05, 0) is 25.2 Å². The topological polar surface area (TPSA) is 63.1 Å². The highest BCUT2D eigenvalue weighted by atomic mass is 16.4. The first-order chi connectivity index (χ1) is 8.08. The van der Waals surface area contributed by atoms with Crippen molar-refractivity contribution in [2.75, 3.05) is 0 Å². The molecule has 4 heteroatoms. The van der Waals surface area contributed by atoms with E-state index >= 15 is 0 Å². The summed E-state index contributed by atoms with van der Waals surface area (Å²) in [7, 11) is 0. The summed E-state index contributed by atoms with van der Waals surface area (Å²) in [5.74, 6) is 0.830. The minimum Gasteiger partial charge on any atom is -0.478 e. The van der Waals surface area contributed by atoms with Gasteiger partial charge in [0, 0.05) is 18.5 Å². The molecule has 0 spiro atoms. The van der Waals surface area contributed by atoms with Crippen LogP contribution in [0.25, 0.3) is 0 Å². The molecule has 0 radical (unpaired) electrons. The van der Waals surface area contributed by atoms with Gasteiger partial charge in [-0.2, -0.15) is 0 Å². The number of hydrogen-bond donors (Lipinski definition) is 1. The monoisotopic (exact) mass is 234 g/mol. The van der Waals surface area contributed by atoms with Gasteiger partial charge in [-0.15, -0.1) is 0 Å². The smallest absolute Gasteiger partial charge is 0.339 e. The zero-order valence-corrected chi connectivity index (χ0v) is 10.3. The van der Waals surface area contributed by atoms with Crippen LogP contribution in [0.15, 0.2) is 6.20 Å². The Balaban J connectivity index is 2.20. The van der Waals surface area contributed by atoms with Crippen molar-refractivity contribution in [3.63, 3.8) is 0 Å². The van der Waals surface area contributed by atoms with E-state index in [1.165, 1.54) is 6.20 Å². The maximum absolute atomic E-state index is 11.1. The van der Waals surface area contributed by atoms with Crippen molar-refractivity contribution in [1.29, 1.82) is 0 Å². The first-order valence-corrected chi connectivity index (χ1v) is 6.17. The van der Waals surface area contributed by atoms with Crippen molar-refractivity contribution < 1.29 is 9.90 Å². The predicted octanol–water partition coefficient (Wildman–Crippen LogP) is 2.64. The van der Waals surface area contributed by atoms with Crippen LogP contribution in [-0.4, -0.2) is 21.0 Å². The molecule has 1 saturated carbocycles. The van der Waals surface area contributed by atoms with Gasteiger partial charge in [0.1, 0.15) is 5.82 Å². The molecule has 0 aromatic carbocycles. The molecular formula is C13H18N2O2. The molecule has 0 unspecified atom stereocenters. The van der Waals surface area contributed by atoms with Crippen LogP contribution < -0.4 is 0 Å². The number of rotatable bonds is 5. The van der Waals surface area contributed by atoms with Crippen molar-refractivity contribution in [2.45, 2.75) is 45.4 Å². The van der Waals surface area contributed by atoms with Crippen molar-refractivity contribution in [2.24, 2.45) is 5.92 Å². The maximum atomic E-state index is 11.1. The summed E-state index contributed by atoms with van der Waals surface area (Å²) in [5, 5.41) is 9.07. The Morgan fingerprint density at radius 1 is 1.53 bits per heavy atom. The molecular weight excluding hydrogens is 216 g/mol. The van der Waals surface area contributed by atoms with Gasteiger partial charge in [0.05, 0.1) is 11.3 Å². The van der Waals surface area contributed by atoms with Gasteiger partial charge >= 0.3 is 5.97 Å². The van der Waals surface area contributed by atoms with E-state index < -0.39 is 5.97 Å². The third kappa shape index (κ3) is 3.02. The number of aryl methyl sites for hydroxylation is 1. The highest BCUT2D eigenvalue weighted by molar-refractivity contribution is 5.88. The number of carboxylic acids is 1. The molecule has 1 aromatic rings. The van der Waals surface area contributed by atoms with Crippen LogP contribution in [0.1, 0.15) is 60.9 Å². The fraction of sp³-hybridized carbons (Fsp3) is 0.615. The Morgan fingerprint density at radius 2 is 2.24 bits per heavy atom. The first-order valence-electron chi connectivity index (χ1n) is 6.17. The molecule has 1 aromatic heterocycles. The first kappa shape index (κ1) is 12.0. The lowest BCUT2D eigenvalue weighted by molar-refractivity contribution is 0.0694. The van der Waals surface area contributed by atoms with E-state index in [1.54, 1.807) is 0 Å². The second-order valence-corrected chi connectivity index (χ2v) is 5.10. The van der Waals surface area contributed by atoms with E-state index in [2.05, 4.69) is 23.8 Å². The van der Waals surface area contributed by atoms with E-state index in [9.17, 15) is 4.79 Å². The Bertz CT molecular complexity index is 425. The molecule has 1 N–H and O–H groups in total. The summed E-state index contributed by atoms with van der Waals surface area (Å²) < 4.78 is 0. The number of hydrogen-bond acceptors (Lipinski definition) is 3. The number of aromatic nitrogens is 2. The third-order valence-electron chi connectivity index (χ3n) is 3.01. The summed E-state index contributed by atoms with van der Waals surface area (Å²) in [5.41, 5.74) is 1.02. The molecule has 1 aliphatic rings. The van der Waals surface area contributed by atoms with E-state index in [-0.39, 0.29) is 5.56 Å². The average molecular weight is 234 g/mol. The van der Waals surface area contributed by atoms with Crippen LogP contribution >= 0.6 is 0 Å². The van der Waals surface area contributed by atoms with E-state index in [0.29, 0.717) is 11.8 Å². The van der Waals surface area contributed by atoms with Crippen LogP contribution in [0.3, 0.4) is 0 Å². The lowest BCUT2D eigenvalue weighted by Gasteiger charge is -2.07. The SMILES string of the molecule is CC(C)CCc1ncc(C(=O)O)c(C2CC2)n1. The molecule has 92 valence electrons. The molecule has 1 heterocycles. The summed E-state index contributed by atoms with van der Waals surface area (Å²) in [6.45, 7) is 4.32. The van der Waals surface area contributed by atoms with Gasteiger partial charge in [-0.3, -0.25) is 0 Å². The van der Waals surface area contributed by atoms with Gasteiger partial charge < -0.3 is 5.11 Å². The standard InChI is InChI=1S/C13H18N2O2/c1-8(2)3-6-11-14-7-10(13(16)17)12(15-11)9-4-5-9/h7-9H,3-6H2,1-2H3,(H,16,17). The van der Waals surface area contributed by atoms with E-state index in [4.69, 9.17) is 5.11 Å². The Hall–Kier alpha value is -1.45. The molecule has 17 heavy (non-hydrogen) atoms. The Morgan fingerprint density at radius 3 is 2.76 bits per heavy atom. The van der Waals surface area contributed by atoms with E-state index in [1.807, 2.05) is 0 Å². The summed E-state index contributed by atoms with van der Waals surface area (Å²) >= 11 is 0. The van der Waals surface area contributed by atoms with Crippen LogP contribution in [0.4, 0.5) is 0 Å². The minimum atomic E-state index is -0.915. The van der Waals surface area contributed by atoms with Gasteiger partial charge in [0.25, 0.3) is 0 Å². The Kier molecular flexibility index (Phi) is 3.41. The number of carbonyl (C=O) groups is 1. The predicted molar refractivity (Wildman–Crippen MR) is 64.1 cm³/mol. The van der Waals surface area contributed by atoms with Gasteiger partial charge in [0.15, 0.2) is 0 Å². The molecule has 0 saturated heterocycles. The summed E-state index contributed by atoms with van der Waals surface area (Å²) in [4.78, 5) is 19.6. The normalized spacial score (nSPS) is 15.2. The van der Waals surface area contributed by atoms with Crippen molar-refractivity contribution in [1.82, 2.24) is 9.97 Å². The molecule has 2 rings (SSSR count). The third-order valence-corrected chi connectivity index (χ3v) is 3.01. The molecule has 4 nitrogen and oxygen atoms in total. The fourth-order valence-electron chi connectivity index (χ4n) is 1.80. The molecule has 0 atom stereocenters. The average Bonchev–Trinajstić information content (AvgIpc) is 3.09. The number of aromatic carboxylic acids is 1. The fourth-order valence-corrected chi connectivity index (χ4v) is 1.80. The number of nitrogens with zero attached hydrogens (tertiary/aromatic N) is 2. The largest absolute Gasteiger partial charge is 0.478 e. The van der Waals surface area contributed by atoms with Gasteiger partial charge in [-0.1, -0.05) is 13.8 Å². The molecule has 0 amide bonds. The van der Waals surface area contributed by atoms with Crippen LogP contribution in [0, 0.1) is 5.92 Å². The minimum absolute atomic E-state index is 0.279. The molecule has 1 aliphatic carbocycles. The summed E-state index contributed by atoms with van der Waals surface area (Å²) in [6.07, 6.45) is 5.45. The molecule has 1 fully saturated rings. The van der Waals surface area contributed by atoms with Crippen molar-refractivity contribution in [3.8, 4) is 0 Å². The zero-order chi connectivity index (χ0) is 12.4. The highest BCUT2D eigenvalue weighted by Crippen LogP contribution is 2.40. The maximum Gasteiger partial charge on any atom is 0.339 e. The van der Waals surface area contributed by atoms with Crippen LogP contribution in [-0.2, 0) is 6.42 Å². The second kappa shape index (κ2) is 4.82. The zero-order valence-electron chi connectivity index (χ0n) is 10.3. The highest BCUT2D eigenvalue weighted by Gasteiger charge is 2.30. The quantitative estimate of drug-likeness (QED) is 0.850. The van der Waals surface area contributed by atoms with Crippen molar-refractivity contribution in [3.05, 3.63) is 23.3 Å². The molecule has 0 bridgehead atoms. The lowest BCUT2D eigenvalue weighted by atomic mass is 10.1. The van der Waals surface area contributed by atoms with E-state index in [0.717, 1.165) is 37.2 Å². The second-order valence-electron chi connectivity index (χ2n) is 5.10. The van der Waals surface area contributed by atoms with Gasteiger partial charge in [-0.25, -0.2) is 14.8 Å². The lowest BCUT2D eigenvalue weighted by Crippen LogP contribution is -2.09. The van der Waals surface area contributed by atoms with Gasteiger partial charge in [0.2, 0.25) is 0 Å². The number of carboxylic acid groups (broad SMARTS) is 1. The van der Waals surface area contributed by atoms with Crippen LogP contribution in [0.5, 0.6) is 0 Å². The summed E-state index contributed by atoms with van der Waals surface area (Å²) in [6, 6.07) is 0. The Labute approximate surface area is 101 Å². The van der Waals surface area contributed by atoms with Crippen molar-refractivity contribution >= 4 is 5.97 Å². The molecule has 0 aliphatic heterocycles. The van der Waals surface area contributed by atoms with Crippen LogP contribution in [0.2, 0.25) is 0 Å².